The Bertz CT molecular complexity index is 62.1. The highest BCUT2D eigenvalue weighted by Gasteiger charge is 2.20. The molecule has 10 heavy (non-hydrogen) atoms. The molecule has 0 fully saturated rings. The zero-order chi connectivity index (χ0) is 7.98. The predicted octanol–water partition coefficient (Wildman–Crippen LogP) is 2.59. The first-order chi connectivity index (χ1) is 4.79. The van der Waals surface area contributed by atoms with E-state index in [2.05, 4.69) is 0 Å². The minimum absolute atomic E-state index is 0.141. The first-order valence-corrected chi connectivity index (χ1v) is 3.95. The van der Waals surface area contributed by atoms with E-state index in [0.29, 0.717) is 5.92 Å². The summed E-state index contributed by atoms with van der Waals surface area (Å²) in [5.74, 6) is 0.118. The van der Waals surface area contributed by atoms with Crippen molar-refractivity contribution in [3.63, 3.8) is 0 Å². The fraction of sp³-hybridized carbons (Fsp3) is 0.833. The van der Waals surface area contributed by atoms with E-state index < -0.39 is 19.3 Å². The third-order valence-electron chi connectivity index (χ3n) is 1.29. The molecule has 0 saturated carbocycles. The molecule has 0 nitrogen and oxygen atoms in total. The summed E-state index contributed by atoms with van der Waals surface area (Å²) in [6.07, 6.45) is 0. The van der Waals surface area contributed by atoms with E-state index in [1.54, 1.807) is 0 Å². The van der Waals surface area contributed by atoms with Gasteiger partial charge in [-0.2, -0.15) is 0 Å². The van der Waals surface area contributed by atoms with E-state index in [-0.39, 0.29) is 11.8 Å². The Morgan fingerprint density at radius 1 is 1.10 bits per heavy atom. The Labute approximate surface area is 69.5 Å². The van der Waals surface area contributed by atoms with Gasteiger partial charge >= 0.3 is 0 Å². The normalized spacial score (nSPS) is 11.4. The molecule has 0 aliphatic heterocycles. The van der Waals surface area contributed by atoms with Crippen LogP contribution in [-0.2, 0) is 0 Å². The molecule has 0 atom stereocenters. The molecule has 0 bridgehead atoms. The summed E-state index contributed by atoms with van der Waals surface area (Å²) in [6.45, 7) is -1.43. The monoisotopic (exact) mass is 189 g/mol. The molecule has 0 aromatic carbocycles. The van der Waals surface area contributed by atoms with Crippen molar-refractivity contribution < 1.29 is 8.78 Å². The van der Waals surface area contributed by atoms with Crippen molar-refractivity contribution >= 4 is 23.2 Å². The van der Waals surface area contributed by atoms with Gasteiger partial charge in [-0.3, -0.25) is 8.78 Å². The second-order valence-corrected chi connectivity index (χ2v) is 2.47. The van der Waals surface area contributed by atoms with Gasteiger partial charge in [0.25, 0.3) is 0 Å². The zero-order valence-corrected chi connectivity index (χ0v) is 6.93. The lowest BCUT2D eigenvalue weighted by molar-refractivity contribution is 0.302. The third kappa shape index (κ3) is 3.02. The molecule has 0 unspecified atom stereocenters. The van der Waals surface area contributed by atoms with Crippen molar-refractivity contribution in [3.05, 3.63) is 5.92 Å². The second kappa shape index (κ2) is 6.17. The van der Waals surface area contributed by atoms with Crippen molar-refractivity contribution in [1.29, 1.82) is 0 Å². The molecular weight excluding hydrogens is 181 g/mol. The van der Waals surface area contributed by atoms with Gasteiger partial charge in [0.05, 0.1) is 13.3 Å². The summed E-state index contributed by atoms with van der Waals surface area (Å²) in [6, 6.07) is 0. The highest BCUT2D eigenvalue weighted by molar-refractivity contribution is 6.22. The molecule has 0 amide bonds. The number of rotatable bonds is 5. The maximum absolute atomic E-state index is 11.9. The molecule has 61 valence electrons. The van der Waals surface area contributed by atoms with Crippen LogP contribution in [0.1, 0.15) is 0 Å². The molecule has 0 N–H and O–H groups in total. The Balaban J connectivity index is 3.70. The van der Waals surface area contributed by atoms with E-state index >= 15 is 0 Å². The number of alkyl halides is 4. The van der Waals surface area contributed by atoms with Gasteiger partial charge in [-0.15, -0.1) is 23.2 Å². The van der Waals surface area contributed by atoms with Crippen LogP contribution < -0.4 is 0 Å². The van der Waals surface area contributed by atoms with Crippen molar-refractivity contribution in [3.8, 4) is 0 Å². The topological polar surface area (TPSA) is 0 Å². The Morgan fingerprint density at radius 3 is 1.60 bits per heavy atom. The fourth-order valence-electron chi connectivity index (χ4n) is 0.513. The molecule has 1 radical (unpaired) electrons. The highest BCUT2D eigenvalue weighted by atomic mass is 35.5. The molecule has 0 aliphatic carbocycles. The van der Waals surface area contributed by atoms with E-state index in [1.165, 1.54) is 0 Å². The summed E-state index contributed by atoms with van der Waals surface area (Å²) in [4.78, 5) is 0. The van der Waals surface area contributed by atoms with Gasteiger partial charge in [-0.1, -0.05) is 0 Å². The quantitative estimate of drug-likeness (QED) is 0.584. The zero-order valence-electron chi connectivity index (χ0n) is 5.42. The lowest BCUT2D eigenvalue weighted by Crippen LogP contribution is -2.19. The highest BCUT2D eigenvalue weighted by Crippen LogP contribution is 2.18. The minimum atomic E-state index is -0.717. The third-order valence-corrected chi connectivity index (χ3v) is 1.98. The average molecular weight is 190 g/mol. The number of hydrogen-bond acceptors (Lipinski definition) is 0. The van der Waals surface area contributed by atoms with Crippen molar-refractivity contribution in [2.24, 2.45) is 5.92 Å². The number of halogens is 4. The molecule has 0 aromatic heterocycles. The van der Waals surface area contributed by atoms with Crippen LogP contribution in [0.15, 0.2) is 0 Å². The van der Waals surface area contributed by atoms with Crippen molar-refractivity contribution in [2.75, 3.05) is 25.1 Å². The van der Waals surface area contributed by atoms with Crippen molar-refractivity contribution in [1.82, 2.24) is 0 Å². The Kier molecular flexibility index (Phi) is 6.44. The average Bonchev–Trinajstić information content (AvgIpc) is 2.00. The molecule has 0 aromatic rings. The van der Waals surface area contributed by atoms with Crippen LogP contribution in [0.3, 0.4) is 0 Å². The molecule has 4 heteroatoms. The lowest BCUT2D eigenvalue weighted by Gasteiger charge is -2.15. The lowest BCUT2D eigenvalue weighted by atomic mass is 9.99. The molecule has 0 saturated heterocycles. The van der Waals surface area contributed by atoms with E-state index in [1.807, 2.05) is 0 Å². The van der Waals surface area contributed by atoms with Gasteiger partial charge in [0.1, 0.15) is 0 Å². The van der Waals surface area contributed by atoms with Gasteiger partial charge in [0, 0.05) is 23.6 Å². The first-order valence-electron chi connectivity index (χ1n) is 2.88. The second-order valence-electron chi connectivity index (χ2n) is 1.93. The van der Waals surface area contributed by atoms with Crippen molar-refractivity contribution in [2.45, 2.75) is 0 Å². The van der Waals surface area contributed by atoms with Gasteiger partial charge in [-0.05, 0) is 0 Å². The smallest absolute Gasteiger partial charge is 0.0954 e. The van der Waals surface area contributed by atoms with E-state index in [4.69, 9.17) is 23.2 Å². The first kappa shape index (κ1) is 10.4. The summed E-state index contributed by atoms with van der Waals surface area (Å²) in [5.41, 5.74) is 0. The summed E-state index contributed by atoms with van der Waals surface area (Å²) in [7, 11) is 0. The standard InChI is InChI=1S/C6H9Cl2F2/c7-1-5(2-8)6(3-9)4-10/h6H,1-4H2. The molecule has 0 spiro atoms. The van der Waals surface area contributed by atoms with E-state index in [0.717, 1.165) is 0 Å². The van der Waals surface area contributed by atoms with Crippen LogP contribution in [0, 0.1) is 11.8 Å². The van der Waals surface area contributed by atoms with Crippen LogP contribution in [0.4, 0.5) is 8.78 Å². The molecular formula is C6H9Cl2F2. The number of hydrogen-bond donors (Lipinski definition) is 0. The summed E-state index contributed by atoms with van der Waals surface area (Å²) < 4.78 is 23.8. The van der Waals surface area contributed by atoms with Crippen LogP contribution in [0.25, 0.3) is 0 Å². The molecule has 0 heterocycles. The Hall–Kier alpha value is 0.440. The predicted molar refractivity (Wildman–Crippen MR) is 40.1 cm³/mol. The van der Waals surface area contributed by atoms with Crippen LogP contribution in [-0.4, -0.2) is 25.1 Å². The van der Waals surface area contributed by atoms with Gasteiger partial charge < -0.3 is 0 Å². The van der Waals surface area contributed by atoms with E-state index in [9.17, 15) is 8.78 Å². The minimum Gasteiger partial charge on any atom is -0.251 e. The summed E-state index contributed by atoms with van der Waals surface area (Å²) >= 11 is 10.7. The Morgan fingerprint density at radius 2 is 1.50 bits per heavy atom. The van der Waals surface area contributed by atoms with Crippen LogP contribution in [0.2, 0.25) is 0 Å². The maximum atomic E-state index is 11.9. The SMILES string of the molecule is FCC(CF)[C](CCl)CCl. The van der Waals surface area contributed by atoms with Crippen LogP contribution >= 0.6 is 23.2 Å². The van der Waals surface area contributed by atoms with Gasteiger partial charge in [0.15, 0.2) is 0 Å². The maximum Gasteiger partial charge on any atom is 0.0954 e. The summed E-state index contributed by atoms with van der Waals surface area (Å²) in [5, 5.41) is 0. The van der Waals surface area contributed by atoms with Gasteiger partial charge in [-0.25, -0.2) is 0 Å². The molecule has 0 rings (SSSR count). The largest absolute Gasteiger partial charge is 0.251 e. The fourth-order valence-corrected chi connectivity index (χ4v) is 1.24. The van der Waals surface area contributed by atoms with Gasteiger partial charge in [0.2, 0.25) is 0 Å². The van der Waals surface area contributed by atoms with Crippen LogP contribution in [0.5, 0.6) is 0 Å². The molecule has 0 aliphatic rings.